The van der Waals surface area contributed by atoms with E-state index < -0.39 is 17.3 Å². The molecule has 1 aliphatic heterocycles. The number of anilines is 1. The van der Waals surface area contributed by atoms with Gasteiger partial charge in [0.05, 0.1) is 28.8 Å². The van der Waals surface area contributed by atoms with Crippen molar-refractivity contribution in [2.45, 2.75) is 51.4 Å². The van der Waals surface area contributed by atoms with Crippen molar-refractivity contribution < 1.29 is 18.3 Å². The molecule has 0 amide bonds. The summed E-state index contributed by atoms with van der Waals surface area (Å²) in [5.74, 6) is 0.0902. The summed E-state index contributed by atoms with van der Waals surface area (Å²) in [6, 6.07) is 5.11. The first-order valence-corrected chi connectivity index (χ1v) is 7.74. The Morgan fingerprint density at radius 2 is 2.09 bits per heavy atom. The van der Waals surface area contributed by atoms with E-state index in [2.05, 4.69) is 0 Å². The number of nitriles is 1. The van der Waals surface area contributed by atoms with Crippen molar-refractivity contribution in [1.29, 1.82) is 5.26 Å². The molecule has 6 heteroatoms. The van der Waals surface area contributed by atoms with Gasteiger partial charge in [0, 0.05) is 12.2 Å². The highest BCUT2D eigenvalue weighted by molar-refractivity contribution is 5.56. The molecule has 0 bridgehead atoms. The lowest BCUT2D eigenvalue weighted by Gasteiger charge is -2.37. The Morgan fingerprint density at radius 3 is 2.57 bits per heavy atom. The highest BCUT2D eigenvalue weighted by Crippen LogP contribution is 2.41. The molecule has 1 aliphatic rings. The molecule has 0 aromatic heterocycles. The number of hydrogen-bond acceptors (Lipinski definition) is 3. The van der Waals surface area contributed by atoms with Gasteiger partial charge < -0.3 is 10.0 Å². The fourth-order valence-corrected chi connectivity index (χ4v) is 3.59. The van der Waals surface area contributed by atoms with Crippen LogP contribution in [0.4, 0.5) is 18.9 Å². The van der Waals surface area contributed by atoms with Gasteiger partial charge in [-0.1, -0.05) is 20.8 Å². The van der Waals surface area contributed by atoms with Gasteiger partial charge in [-0.2, -0.15) is 18.4 Å². The molecular weight excluding hydrogens is 305 g/mol. The summed E-state index contributed by atoms with van der Waals surface area (Å²) in [6.07, 6.45) is -3.50. The van der Waals surface area contributed by atoms with Crippen LogP contribution >= 0.6 is 0 Å². The zero-order valence-electron chi connectivity index (χ0n) is 13.5. The van der Waals surface area contributed by atoms with Crippen LogP contribution in [0.25, 0.3) is 0 Å². The lowest BCUT2D eigenvalue weighted by molar-refractivity contribution is -0.137. The Balaban J connectivity index is 2.49. The van der Waals surface area contributed by atoms with Crippen molar-refractivity contribution in [2.75, 3.05) is 11.4 Å². The van der Waals surface area contributed by atoms with Crippen molar-refractivity contribution in [3.05, 3.63) is 29.3 Å². The lowest BCUT2D eigenvalue weighted by Crippen LogP contribution is -2.48. The molecule has 3 nitrogen and oxygen atoms in total. The van der Waals surface area contributed by atoms with Crippen molar-refractivity contribution in [3.8, 4) is 6.07 Å². The number of aliphatic hydroxyl groups is 1. The third-order valence-electron chi connectivity index (χ3n) is 4.68. The molecule has 0 spiro atoms. The SMILES string of the molecule is CC[C@]1(O)CCN(c2ccc(C#N)c(C(F)(F)F)c2)[C@H]1C(C)C. The van der Waals surface area contributed by atoms with Crippen molar-refractivity contribution in [2.24, 2.45) is 5.92 Å². The topological polar surface area (TPSA) is 47.3 Å². The number of alkyl halides is 3. The van der Waals surface area contributed by atoms with E-state index >= 15 is 0 Å². The van der Waals surface area contributed by atoms with Crippen LogP contribution < -0.4 is 4.90 Å². The third-order valence-corrected chi connectivity index (χ3v) is 4.68. The van der Waals surface area contributed by atoms with E-state index in [1.165, 1.54) is 12.1 Å². The van der Waals surface area contributed by atoms with E-state index in [-0.39, 0.29) is 17.5 Å². The fraction of sp³-hybridized carbons (Fsp3) is 0.588. The zero-order chi connectivity index (χ0) is 17.4. The van der Waals surface area contributed by atoms with Crippen LogP contribution in [0.1, 0.15) is 44.7 Å². The lowest BCUT2D eigenvalue weighted by atomic mass is 9.84. The van der Waals surface area contributed by atoms with Crippen LogP contribution in [0.2, 0.25) is 0 Å². The second kappa shape index (κ2) is 6.04. The average Bonchev–Trinajstić information content (AvgIpc) is 2.84. The van der Waals surface area contributed by atoms with E-state index in [1.807, 2.05) is 25.7 Å². The summed E-state index contributed by atoms with van der Waals surface area (Å²) >= 11 is 0. The van der Waals surface area contributed by atoms with E-state index in [1.54, 1.807) is 6.07 Å². The maximum atomic E-state index is 13.2. The van der Waals surface area contributed by atoms with Gasteiger partial charge in [-0.15, -0.1) is 0 Å². The van der Waals surface area contributed by atoms with Gasteiger partial charge in [0.25, 0.3) is 0 Å². The Morgan fingerprint density at radius 1 is 1.43 bits per heavy atom. The standard InChI is InChI=1S/C17H21F3N2O/c1-4-16(23)7-8-22(15(16)11(2)3)13-6-5-12(10-21)14(9-13)17(18,19)20/h5-6,9,11,15,23H,4,7-8H2,1-3H3/t15-,16-/m0/s1. The first kappa shape index (κ1) is 17.6. The average molecular weight is 326 g/mol. The first-order chi connectivity index (χ1) is 10.6. The molecule has 1 heterocycles. The highest BCUT2D eigenvalue weighted by Gasteiger charge is 2.46. The second-order valence-corrected chi connectivity index (χ2v) is 6.43. The summed E-state index contributed by atoms with van der Waals surface area (Å²) in [5, 5.41) is 19.7. The van der Waals surface area contributed by atoms with E-state index in [0.29, 0.717) is 25.1 Å². The molecular formula is C17H21F3N2O. The van der Waals surface area contributed by atoms with Crippen LogP contribution in [0.15, 0.2) is 18.2 Å². The van der Waals surface area contributed by atoms with Crippen molar-refractivity contribution >= 4 is 5.69 Å². The molecule has 2 atom stereocenters. The normalized spacial score (nSPS) is 25.0. The van der Waals surface area contributed by atoms with E-state index in [0.717, 1.165) is 6.07 Å². The summed E-state index contributed by atoms with van der Waals surface area (Å²) in [6.45, 7) is 6.30. The molecule has 126 valence electrons. The summed E-state index contributed by atoms with van der Waals surface area (Å²) in [5.41, 5.74) is -1.81. The van der Waals surface area contributed by atoms with Gasteiger partial charge in [0.1, 0.15) is 0 Å². The third kappa shape index (κ3) is 3.16. The molecule has 0 unspecified atom stereocenters. The minimum Gasteiger partial charge on any atom is -0.388 e. The number of benzene rings is 1. The Labute approximate surface area is 134 Å². The number of rotatable bonds is 3. The second-order valence-electron chi connectivity index (χ2n) is 6.43. The molecule has 0 saturated carbocycles. The molecule has 1 aromatic carbocycles. The van der Waals surface area contributed by atoms with Crippen LogP contribution in [0, 0.1) is 17.2 Å². The number of halogens is 3. The van der Waals surface area contributed by atoms with Gasteiger partial charge in [-0.05, 0) is 37.0 Å². The Kier molecular flexibility index (Phi) is 4.63. The number of hydrogen-bond donors (Lipinski definition) is 1. The Hall–Kier alpha value is -1.74. The maximum Gasteiger partial charge on any atom is 0.417 e. The molecule has 0 radical (unpaired) electrons. The highest BCUT2D eigenvalue weighted by atomic mass is 19.4. The van der Waals surface area contributed by atoms with Crippen LogP contribution in [-0.4, -0.2) is 23.3 Å². The van der Waals surface area contributed by atoms with Crippen LogP contribution in [0.5, 0.6) is 0 Å². The van der Waals surface area contributed by atoms with Crippen LogP contribution in [-0.2, 0) is 6.18 Å². The van der Waals surface area contributed by atoms with Gasteiger partial charge in [0.15, 0.2) is 0 Å². The van der Waals surface area contributed by atoms with Gasteiger partial charge in [-0.3, -0.25) is 0 Å². The van der Waals surface area contributed by atoms with E-state index in [9.17, 15) is 18.3 Å². The quantitative estimate of drug-likeness (QED) is 0.915. The van der Waals surface area contributed by atoms with Gasteiger partial charge in [-0.25, -0.2) is 0 Å². The molecule has 1 aromatic rings. The summed E-state index contributed by atoms with van der Waals surface area (Å²) in [4.78, 5) is 1.84. The van der Waals surface area contributed by atoms with Crippen molar-refractivity contribution in [3.63, 3.8) is 0 Å². The first-order valence-electron chi connectivity index (χ1n) is 7.74. The van der Waals surface area contributed by atoms with Gasteiger partial charge >= 0.3 is 6.18 Å². The minimum absolute atomic E-state index is 0.0902. The maximum absolute atomic E-state index is 13.2. The van der Waals surface area contributed by atoms with Crippen LogP contribution in [0.3, 0.4) is 0 Å². The van der Waals surface area contributed by atoms with E-state index in [4.69, 9.17) is 5.26 Å². The smallest absolute Gasteiger partial charge is 0.388 e. The minimum atomic E-state index is -4.57. The molecule has 23 heavy (non-hydrogen) atoms. The molecule has 1 N–H and O–H groups in total. The predicted octanol–water partition coefficient (Wildman–Crippen LogP) is 3.95. The molecule has 1 fully saturated rings. The molecule has 1 saturated heterocycles. The monoisotopic (exact) mass is 326 g/mol. The predicted molar refractivity (Wildman–Crippen MR) is 82.0 cm³/mol. The summed E-state index contributed by atoms with van der Waals surface area (Å²) in [7, 11) is 0. The fourth-order valence-electron chi connectivity index (χ4n) is 3.59. The van der Waals surface area contributed by atoms with Crippen molar-refractivity contribution in [1.82, 2.24) is 0 Å². The molecule has 0 aliphatic carbocycles. The Bertz CT molecular complexity index is 621. The summed E-state index contributed by atoms with van der Waals surface area (Å²) < 4.78 is 39.5. The largest absolute Gasteiger partial charge is 0.417 e. The molecule has 2 rings (SSSR count). The number of nitrogens with zero attached hydrogens (tertiary/aromatic N) is 2. The zero-order valence-corrected chi connectivity index (χ0v) is 13.5. The van der Waals surface area contributed by atoms with Gasteiger partial charge in [0.2, 0.25) is 0 Å².